The molecule has 0 fully saturated rings. The highest BCUT2D eigenvalue weighted by Gasteiger charge is 2.64. The molecule has 92 heavy (non-hydrogen) atoms. The van der Waals surface area contributed by atoms with Crippen molar-refractivity contribution < 1.29 is 113 Å². The van der Waals surface area contributed by atoms with Crippen LogP contribution in [0.15, 0.2) is 47.3 Å². The lowest BCUT2D eigenvalue weighted by Crippen LogP contribution is -2.55. The van der Waals surface area contributed by atoms with Gasteiger partial charge in [-0.2, -0.15) is 0 Å². The van der Waals surface area contributed by atoms with Gasteiger partial charge in [-0.1, -0.05) is 166 Å². The minimum absolute atomic E-state index is 0.125. The maximum absolute atomic E-state index is 12.1. The van der Waals surface area contributed by atoms with Crippen LogP contribution in [-0.4, -0.2) is 150 Å². The molecule has 28 heteroatoms. The Morgan fingerprint density at radius 1 is 0.315 bits per heavy atom. The van der Waals surface area contributed by atoms with E-state index in [1.54, 1.807) is 27.7 Å². The summed E-state index contributed by atoms with van der Waals surface area (Å²) in [5, 5.41) is -4.37. The van der Waals surface area contributed by atoms with E-state index in [0.29, 0.717) is 0 Å². The molecule has 0 saturated carbocycles. The molecule has 4 aliphatic heterocycles. The highest BCUT2D eigenvalue weighted by Crippen LogP contribution is 2.55. The summed E-state index contributed by atoms with van der Waals surface area (Å²) in [6.45, 7) is 58.1. The third-order valence-electron chi connectivity index (χ3n) is 15.5. The second kappa shape index (κ2) is 28.5. The van der Waals surface area contributed by atoms with Crippen LogP contribution < -0.4 is 0 Å². The fourth-order valence-corrected chi connectivity index (χ4v) is 23.8. The maximum Gasteiger partial charge on any atom is 0.407 e. The summed E-state index contributed by atoms with van der Waals surface area (Å²) in [6, 6.07) is 0. The maximum atomic E-state index is 12.1. The molecule has 24 nitrogen and oxygen atoms in total. The first-order valence-corrected chi connectivity index (χ1v) is 38.3. The van der Waals surface area contributed by atoms with Gasteiger partial charge < -0.3 is 74.8 Å². The number of hydrogen-bond donors (Lipinski definition) is 4. The van der Waals surface area contributed by atoms with Crippen molar-refractivity contribution in [2.45, 2.75) is 284 Å². The quantitative estimate of drug-likeness (QED) is 0.0633. The number of rotatable bonds is 16. The van der Waals surface area contributed by atoms with Crippen molar-refractivity contribution in [2.24, 2.45) is 0 Å². The Bertz CT molecular complexity index is 2430. The number of carbonyl (C=O) groups excluding carboxylic acids is 8. The monoisotopic (exact) mass is 1380 g/mol. The Morgan fingerprint density at radius 2 is 0.435 bits per heavy atom. The zero-order chi connectivity index (χ0) is 73.1. The van der Waals surface area contributed by atoms with Gasteiger partial charge in [0, 0.05) is 64.6 Å². The molecule has 4 aliphatic rings. The average molecular weight is 1380 g/mol. The first kappa shape index (κ1) is 84.6. The van der Waals surface area contributed by atoms with E-state index in [1.807, 2.05) is 166 Å². The van der Waals surface area contributed by atoms with Crippen LogP contribution in [0.5, 0.6) is 0 Å². The molecule has 0 aromatic rings. The van der Waals surface area contributed by atoms with Crippen LogP contribution in [0.4, 0.5) is 0 Å². The smallest absolute Gasteiger partial charge is 0.407 e. The van der Waals surface area contributed by atoms with Crippen molar-refractivity contribution >= 4 is 82.0 Å². The molecule has 4 heterocycles. The molecule has 4 rings (SSSR count). The number of esters is 8. The fraction of sp³-hybridized carbons (Fsp3) is 0.750. The molecule has 0 aliphatic carbocycles. The molecule has 0 bridgehead atoms. The molecule has 0 saturated heterocycles. The van der Waals surface area contributed by atoms with Crippen molar-refractivity contribution in [1.82, 2.24) is 0 Å². The molecule has 528 valence electrons. The second-order valence-corrected chi connectivity index (χ2v) is 49.9. The fourth-order valence-electron chi connectivity index (χ4n) is 10.5. The van der Waals surface area contributed by atoms with E-state index in [9.17, 15) is 57.5 Å². The van der Waals surface area contributed by atoms with E-state index in [1.165, 1.54) is 52.0 Å². The molecule has 0 radical (unpaired) electrons. The Balaban J connectivity index is 0.000000613. The van der Waals surface area contributed by atoms with Crippen LogP contribution in [0.2, 0.25) is 40.3 Å². The largest absolute Gasteiger partial charge is 0.514 e. The van der Waals surface area contributed by atoms with E-state index in [4.69, 9.17) is 55.6 Å². The molecule has 4 N–H and O–H groups in total. The summed E-state index contributed by atoms with van der Waals surface area (Å²) < 4.78 is 63.5. The van der Waals surface area contributed by atoms with Gasteiger partial charge >= 0.3 is 82.0 Å². The summed E-state index contributed by atoms with van der Waals surface area (Å²) in [4.78, 5) is 141. The predicted molar refractivity (Wildman–Crippen MR) is 351 cm³/mol. The normalized spacial score (nSPS) is 22.5. The Labute approximate surface area is 550 Å². The van der Waals surface area contributed by atoms with E-state index >= 15 is 0 Å². The predicted octanol–water partition coefficient (Wildman–Crippen LogP) is 11.2. The zero-order valence-corrected chi connectivity index (χ0v) is 65.1. The lowest BCUT2D eigenvalue weighted by molar-refractivity contribution is -0.170. The number of cyclic esters (lactones) is 4. The van der Waals surface area contributed by atoms with Crippen LogP contribution in [0.3, 0.4) is 0 Å². The Morgan fingerprint density at radius 3 is 0.533 bits per heavy atom. The molecule has 0 aromatic heterocycles. The van der Waals surface area contributed by atoms with Gasteiger partial charge in [0.15, 0.2) is 23.0 Å². The summed E-state index contributed by atoms with van der Waals surface area (Å²) in [5.74, 6) is -6.21. The Kier molecular flexibility index (Phi) is 26.2. The summed E-state index contributed by atoms with van der Waals surface area (Å²) in [5.41, 5.74) is -6.08. The molecule has 0 unspecified atom stereocenters. The van der Waals surface area contributed by atoms with Crippen molar-refractivity contribution in [3.05, 3.63) is 47.3 Å². The van der Waals surface area contributed by atoms with Crippen molar-refractivity contribution in [2.75, 3.05) is 26.4 Å². The minimum atomic E-state index is -3.40. The molecule has 0 aromatic carbocycles. The van der Waals surface area contributed by atoms with Gasteiger partial charge in [0.25, 0.3) is 0 Å². The van der Waals surface area contributed by atoms with Gasteiger partial charge in [0.05, 0.1) is 26.4 Å². The highest BCUT2D eigenvalue weighted by atomic mass is 28.4. The topological polar surface area (TPSA) is 328 Å². The number of hydrogen-bond acceptors (Lipinski definition) is 24. The standard InChI is InChI=1S/4C16H28O6Si/c4*1-9-20-13(18)16(8)10-11(12(17)21-16)22-23(19,14(2,3)4)15(5,6)7/h4*10,19H,9H2,1-8H3/t4*16-/m0000/s1. The average Bonchev–Trinajstić information content (AvgIpc) is 1.28. The third-order valence-corrected chi connectivity index (χ3v) is 33.9. The molecule has 4 atom stereocenters. The third kappa shape index (κ3) is 18.5. The number of ether oxygens (including phenoxy) is 8. The molecule has 0 amide bonds. The van der Waals surface area contributed by atoms with Crippen LogP contribution >= 0.6 is 0 Å². The first-order chi connectivity index (χ1) is 40.7. The SMILES string of the molecule is CCOC(=O)[C@]1(C)C=C(O[Si](O)(C(C)(C)C)C(C)(C)C)C(=O)O1.CCOC(=O)[C@]1(C)C=C(O[Si](O)(C(C)(C)C)C(C)(C)C)C(=O)O1.CCOC(=O)[C@]1(C)C=C(O[Si](O)(C(C)(C)C)C(C)(C)C)C(=O)O1.CCOC(=O)[C@]1(C)C=C(O[Si](O)(C(C)(C)C)C(C)(C)C)C(=O)O1. The van der Waals surface area contributed by atoms with Crippen LogP contribution in [0, 0.1) is 0 Å². The van der Waals surface area contributed by atoms with Crippen molar-refractivity contribution in [1.29, 1.82) is 0 Å². The minimum Gasteiger partial charge on any atom is -0.514 e. The molecule has 0 spiro atoms. The lowest BCUT2D eigenvalue weighted by atomic mass is 10.1. The number of carbonyl (C=O) groups is 8. The van der Waals surface area contributed by atoms with Gasteiger partial charge in [0.1, 0.15) is 0 Å². The van der Waals surface area contributed by atoms with Gasteiger partial charge in [-0.15, -0.1) is 0 Å². The Hall–Kier alpha value is -5.37. The zero-order valence-electron chi connectivity index (χ0n) is 61.1. The van der Waals surface area contributed by atoms with Crippen molar-refractivity contribution in [3.63, 3.8) is 0 Å². The van der Waals surface area contributed by atoms with Crippen molar-refractivity contribution in [3.8, 4) is 0 Å². The first-order valence-electron chi connectivity index (χ1n) is 30.9. The lowest BCUT2D eigenvalue weighted by Gasteiger charge is -2.44. The molecular weight excluding hydrogens is 1270 g/mol. The van der Waals surface area contributed by atoms with Gasteiger partial charge in [-0.25, -0.2) is 38.4 Å². The van der Waals surface area contributed by atoms with E-state index in [-0.39, 0.29) is 49.5 Å². The van der Waals surface area contributed by atoms with Gasteiger partial charge in [0.2, 0.25) is 22.4 Å². The summed E-state index contributed by atoms with van der Waals surface area (Å²) in [6.07, 6.45) is 5.18. The van der Waals surface area contributed by atoms with Gasteiger partial charge in [-0.3, -0.25) is 0 Å². The van der Waals surface area contributed by atoms with E-state index < -0.39 is 145 Å². The highest BCUT2D eigenvalue weighted by molar-refractivity contribution is 6.74. The van der Waals surface area contributed by atoms with E-state index in [0.717, 1.165) is 0 Å². The summed E-state index contributed by atoms with van der Waals surface area (Å²) >= 11 is 0. The van der Waals surface area contributed by atoms with Crippen LogP contribution in [0.1, 0.15) is 222 Å². The van der Waals surface area contributed by atoms with Crippen LogP contribution in [0.25, 0.3) is 0 Å². The second-order valence-electron chi connectivity index (χ2n) is 31.9. The summed E-state index contributed by atoms with van der Waals surface area (Å²) in [7, 11) is -13.6. The van der Waals surface area contributed by atoms with Gasteiger partial charge in [-0.05, 0) is 55.4 Å². The van der Waals surface area contributed by atoms with E-state index in [2.05, 4.69) is 0 Å². The molecular formula is C64H112O24Si4. The van der Waals surface area contributed by atoms with Crippen LogP contribution in [-0.2, 0) is 94.0 Å².